The maximum absolute atomic E-state index is 9.70. The standard InChI is InChI=1S/C17H22N4/c1-14(2)16-20-10-12-21(16)11-9-17(13-18,19-3)15-7-5-4-6-8-15/h4-8,10,12,14,19H,9,11H2,1-3H3. The Morgan fingerprint density at radius 1 is 1.33 bits per heavy atom. The zero-order chi connectivity index (χ0) is 15.3. The first kappa shape index (κ1) is 15.3. The van der Waals surface area contributed by atoms with E-state index in [1.54, 1.807) is 0 Å². The SMILES string of the molecule is CNC(C#N)(CCn1ccnc1C(C)C)c1ccccc1. The fourth-order valence-corrected chi connectivity index (χ4v) is 2.61. The maximum atomic E-state index is 9.70. The van der Waals surface area contributed by atoms with E-state index in [2.05, 4.69) is 34.8 Å². The number of nitriles is 1. The van der Waals surface area contributed by atoms with E-state index in [4.69, 9.17) is 0 Å². The molecule has 0 amide bonds. The smallest absolute Gasteiger partial charge is 0.133 e. The first-order valence-electron chi connectivity index (χ1n) is 7.29. The van der Waals surface area contributed by atoms with Crippen molar-refractivity contribution >= 4 is 0 Å². The van der Waals surface area contributed by atoms with Crippen LogP contribution in [0.2, 0.25) is 0 Å². The Labute approximate surface area is 126 Å². The molecule has 0 saturated carbocycles. The summed E-state index contributed by atoms with van der Waals surface area (Å²) in [6, 6.07) is 12.3. The van der Waals surface area contributed by atoms with Crippen LogP contribution in [0.4, 0.5) is 0 Å². The highest BCUT2D eigenvalue weighted by Crippen LogP contribution is 2.25. The number of rotatable bonds is 6. The van der Waals surface area contributed by atoms with E-state index in [0.29, 0.717) is 12.3 Å². The number of hydrogen-bond acceptors (Lipinski definition) is 3. The van der Waals surface area contributed by atoms with Crippen molar-refractivity contribution in [3.05, 3.63) is 54.1 Å². The largest absolute Gasteiger partial charge is 0.335 e. The van der Waals surface area contributed by atoms with Gasteiger partial charge in [-0.1, -0.05) is 44.2 Å². The van der Waals surface area contributed by atoms with Gasteiger partial charge in [0.1, 0.15) is 11.4 Å². The van der Waals surface area contributed by atoms with Crippen LogP contribution in [0, 0.1) is 11.3 Å². The lowest BCUT2D eigenvalue weighted by Gasteiger charge is -2.27. The summed E-state index contributed by atoms with van der Waals surface area (Å²) in [6.45, 7) is 5.02. The van der Waals surface area contributed by atoms with Gasteiger partial charge in [-0.25, -0.2) is 4.98 Å². The van der Waals surface area contributed by atoms with Crippen molar-refractivity contribution in [2.75, 3.05) is 7.05 Å². The topological polar surface area (TPSA) is 53.6 Å². The summed E-state index contributed by atoms with van der Waals surface area (Å²) in [5.41, 5.74) is 0.334. The van der Waals surface area contributed by atoms with E-state index in [1.165, 1.54) is 0 Å². The minimum Gasteiger partial charge on any atom is -0.335 e. The molecule has 0 spiro atoms. The zero-order valence-corrected chi connectivity index (χ0v) is 12.9. The third-order valence-corrected chi connectivity index (χ3v) is 3.88. The van der Waals surface area contributed by atoms with Crippen LogP contribution in [0.3, 0.4) is 0 Å². The third kappa shape index (κ3) is 3.14. The Balaban J connectivity index is 2.22. The van der Waals surface area contributed by atoms with E-state index < -0.39 is 5.54 Å². The summed E-state index contributed by atoms with van der Waals surface area (Å²) >= 11 is 0. The van der Waals surface area contributed by atoms with Gasteiger partial charge in [0, 0.05) is 31.3 Å². The predicted octanol–water partition coefficient (Wildman–Crippen LogP) is 3.04. The number of aromatic nitrogens is 2. The van der Waals surface area contributed by atoms with Gasteiger partial charge < -0.3 is 4.57 Å². The molecule has 4 heteroatoms. The van der Waals surface area contributed by atoms with Crippen LogP contribution in [0.5, 0.6) is 0 Å². The van der Waals surface area contributed by atoms with E-state index in [1.807, 2.05) is 49.8 Å². The molecule has 1 aromatic heterocycles. The lowest BCUT2D eigenvalue weighted by molar-refractivity contribution is 0.396. The van der Waals surface area contributed by atoms with Crippen molar-refractivity contribution < 1.29 is 0 Å². The second-order valence-corrected chi connectivity index (χ2v) is 5.52. The van der Waals surface area contributed by atoms with Crippen LogP contribution < -0.4 is 5.32 Å². The first-order valence-corrected chi connectivity index (χ1v) is 7.29. The molecule has 0 saturated heterocycles. The van der Waals surface area contributed by atoms with E-state index in [0.717, 1.165) is 17.9 Å². The number of nitrogens with one attached hydrogen (secondary N) is 1. The van der Waals surface area contributed by atoms with Crippen molar-refractivity contribution in [1.82, 2.24) is 14.9 Å². The highest BCUT2D eigenvalue weighted by atomic mass is 15.1. The number of hydrogen-bond donors (Lipinski definition) is 1. The van der Waals surface area contributed by atoms with Gasteiger partial charge in [-0.15, -0.1) is 0 Å². The number of benzene rings is 1. The molecular formula is C17H22N4. The summed E-state index contributed by atoms with van der Waals surface area (Å²) < 4.78 is 2.14. The van der Waals surface area contributed by atoms with Gasteiger partial charge in [0.2, 0.25) is 0 Å². The van der Waals surface area contributed by atoms with Crippen molar-refractivity contribution in [2.24, 2.45) is 0 Å². The second-order valence-electron chi connectivity index (χ2n) is 5.52. The van der Waals surface area contributed by atoms with Gasteiger partial charge in [-0.05, 0) is 12.6 Å². The minimum absolute atomic E-state index is 0.378. The van der Waals surface area contributed by atoms with Crippen molar-refractivity contribution in [3.63, 3.8) is 0 Å². The number of imidazole rings is 1. The molecule has 4 nitrogen and oxygen atoms in total. The van der Waals surface area contributed by atoms with Gasteiger partial charge in [-0.2, -0.15) is 5.26 Å². The molecule has 2 rings (SSSR count). The molecule has 2 aromatic rings. The summed E-state index contributed by atoms with van der Waals surface area (Å²) in [7, 11) is 1.84. The lowest BCUT2D eigenvalue weighted by atomic mass is 9.88. The van der Waals surface area contributed by atoms with Crippen LogP contribution in [-0.4, -0.2) is 16.6 Å². The summed E-state index contributed by atoms with van der Waals surface area (Å²) in [6.07, 6.45) is 4.50. The summed E-state index contributed by atoms with van der Waals surface area (Å²) in [5, 5.41) is 12.9. The molecule has 0 fully saturated rings. The molecule has 110 valence electrons. The summed E-state index contributed by atoms with van der Waals surface area (Å²) in [5.74, 6) is 1.44. The Bertz CT molecular complexity index is 609. The average Bonchev–Trinajstić information content (AvgIpc) is 2.99. The Morgan fingerprint density at radius 3 is 2.62 bits per heavy atom. The average molecular weight is 282 g/mol. The van der Waals surface area contributed by atoms with Gasteiger partial charge in [0.25, 0.3) is 0 Å². The van der Waals surface area contributed by atoms with E-state index in [-0.39, 0.29) is 0 Å². The van der Waals surface area contributed by atoms with Gasteiger partial charge >= 0.3 is 0 Å². The fourth-order valence-electron chi connectivity index (χ4n) is 2.61. The monoisotopic (exact) mass is 282 g/mol. The molecule has 0 aliphatic rings. The number of aryl methyl sites for hydroxylation is 1. The molecule has 1 heterocycles. The van der Waals surface area contributed by atoms with Crippen LogP contribution in [0.15, 0.2) is 42.7 Å². The molecule has 0 aliphatic carbocycles. The normalized spacial score (nSPS) is 13.9. The lowest BCUT2D eigenvalue weighted by Crippen LogP contribution is -2.39. The summed E-state index contributed by atoms with van der Waals surface area (Å²) in [4.78, 5) is 4.40. The Hall–Kier alpha value is -2.12. The van der Waals surface area contributed by atoms with Crippen LogP contribution >= 0.6 is 0 Å². The van der Waals surface area contributed by atoms with Crippen molar-refractivity contribution in [1.29, 1.82) is 5.26 Å². The van der Waals surface area contributed by atoms with Gasteiger partial charge in [0.05, 0.1) is 6.07 Å². The molecule has 0 bridgehead atoms. The molecule has 0 aliphatic heterocycles. The third-order valence-electron chi connectivity index (χ3n) is 3.88. The maximum Gasteiger partial charge on any atom is 0.133 e. The van der Waals surface area contributed by atoms with Crippen molar-refractivity contribution in [2.45, 2.75) is 38.3 Å². The highest BCUT2D eigenvalue weighted by Gasteiger charge is 2.30. The molecule has 1 unspecified atom stereocenters. The van der Waals surface area contributed by atoms with Gasteiger partial charge in [-0.3, -0.25) is 5.32 Å². The first-order chi connectivity index (χ1) is 10.1. The van der Waals surface area contributed by atoms with Gasteiger partial charge in [0.15, 0.2) is 0 Å². The second kappa shape index (κ2) is 6.55. The molecule has 0 radical (unpaired) electrons. The van der Waals surface area contributed by atoms with E-state index in [9.17, 15) is 5.26 Å². The molecule has 1 aromatic carbocycles. The molecule has 1 N–H and O–H groups in total. The van der Waals surface area contributed by atoms with Crippen LogP contribution in [0.1, 0.15) is 37.6 Å². The van der Waals surface area contributed by atoms with Crippen LogP contribution in [-0.2, 0) is 12.1 Å². The molecular weight excluding hydrogens is 260 g/mol. The van der Waals surface area contributed by atoms with E-state index >= 15 is 0 Å². The molecule has 21 heavy (non-hydrogen) atoms. The quantitative estimate of drug-likeness (QED) is 0.886. The number of nitrogens with zero attached hydrogens (tertiary/aromatic N) is 3. The molecule has 1 atom stereocenters. The van der Waals surface area contributed by atoms with Crippen molar-refractivity contribution in [3.8, 4) is 6.07 Å². The Kier molecular flexibility index (Phi) is 4.77. The fraction of sp³-hybridized carbons (Fsp3) is 0.412. The zero-order valence-electron chi connectivity index (χ0n) is 12.9. The van der Waals surface area contributed by atoms with Crippen LogP contribution in [0.25, 0.3) is 0 Å². The Morgan fingerprint density at radius 2 is 2.05 bits per heavy atom. The predicted molar refractivity (Wildman–Crippen MR) is 83.7 cm³/mol. The minimum atomic E-state index is -0.667. The highest BCUT2D eigenvalue weighted by molar-refractivity contribution is 5.31.